The largest absolute Gasteiger partial charge is 0.870 e. The quantitative estimate of drug-likeness (QED) is 0.613. The van der Waals surface area contributed by atoms with Crippen molar-refractivity contribution in [2.45, 2.75) is 19.3 Å². The molecule has 0 atom stereocenters. The molecule has 5 nitrogen and oxygen atoms in total. The van der Waals surface area contributed by atoms with Crippen molar-refractivity contribution in [3.8, 4) is 0 Å². The third-order valence-corrected chi connectivity index (χ3v) is 2.89. The van der Waals surface area contributed by atoms with Gasteiger partial charge >= 0.3 is 5.97 Å². The molecule has 14 heavy (non-hydrogen) atoms. The molecule has 1 aliphatic rings. The first kappa shape index (κ1) is 13.4. The third-order valence-electron chi connectivity index (χ3n) is 2.89. The van der Waals surface area contributed by atoms with Crippen LogP contribution in [0, 0.1) is 0 Å². The monoisotopic (exact) mass is 205 g/mol. The molecule has 0 bridgehead atoms. The third kappa shape index (κ3) is 3.61. The Balaban J connectivity index is 0.00000169. The average molecular weight is 205 g/mol. The highest BCUT2D eigenvalue weighted by Gasteiger charge is 2.31. The molecule has 1 aliphatic heterocycles. The predicted octanol–water partition coefficient (Wildman–Crippen LogP) is -0.113. The summed E-state index contributed by atoms with van der Waals surface area (Å²) in [5.74, 6) is -0.734. The summed E-state index contributed by atoms with van der Waals surface area (Å²) in [6.07, 6.45) is 2.55. The zero-order valence-electron chi connectivity index (χ0n) is 8.35. The van der Waals surface area contributed by atoms with Crippen LogP contribution in [0.5, 0.6) is 0 Å². The molecule has 0 amide bonds. The lowest BCUT2D eigenvalue weighted by molar-refractivity contribution is -0.916. The number of hydrogen-bond acceptors (Lipinski definition) is 3. The lowest BCUT2D eigenvalue weighted by Crippen LogP contribution is -2.48. The Morgan fingerprint density at radius 2 is 1.79 bits per heavy atom. The van der Waals surface area contributed by atoms with Crippen molar-refractivity contribution in [2.75, 3.05) is 32.8 Å². The van der Waals surface area contributed by atoms with E-state index in [2.05, 4.69) is 0 Å². The first-order valence-corrected chi connectivity index (χ1v) is 4.86. The molecule has 3 N–H and O–H groups in total. The fourth-order valence-electron chi connectivity index (χ4n) is 2.11. The number of aliphatic hydroxyl groups excluding tert-OH is 1. The van der Waals surface area contributed by atoms with E-state index in [0.717, 1.165) is 17.6 Å². The number of aliphatic hydroxyl groups is 1. The minimum Gasteiger partial charge on any atom is -0.870 e. The molecule has 0 unspecified atom stereocenters. The Kier molecular flexibility index (Phi) is 5.68. The molecule has 0 aliphatic carbocycles. The second kappa shape index (κ2) is 5.95. The molecule has 1 saturated heterocycles. The summed E-state index contributed by atoms with van der Waals surface area (Å²) < 4.78 is 0.808. The topological polar surface area (TPSA) is 87.5 Å². The predicted molar refractivity (Wildman–Crippen MR) is 50.2 cm³/mol. The van der Waals surface area contributed by atoms with Gasteiger partial charge in [-0.2, -0.15) is 0 Å². The molecule has 0 saturated carbocycles. The first-order valence-electron chi connectivity index (χ1n) is 4.86. The van der Waals surface area contributed by atoms with E-state index in [1.54, 1.807) is 0 Å². The highest BCUT2D eigenvalue weighted by atomic mass is 16.4. The number of aliphatic carboxylic acids is 1. The van der Waals surface area contributed by atoms with Gasteiger partial charge < -0.3 is 20.2 Å². The van der Waals surface area contributed by atoms with Crippen LogP contribution in [0.1, 0.15) is 19.3 Å². The summed E-state index contributed by atoms with van der Waals surface area (Å²) in [6.45, 7) is 3.63. The van der Waals surface area contributed by atoms with Crippen LogP contribution < -0.4 is 0 Å². The van der Waals surface area contributed by atoms with Gasteiger partial charge in [-0.15, -0.1) is 0 Å². The van der Waals surface area contributed by atoms with Gasteiger partial charge in [-0.05, 0) is 0 Å². The van der Waals surface area contributed by atoms with Gasteiger partial charge in [-0.3, -0.25) is 4.79 Å². The number of likely N-dealkylation sites (tertiary alicyclic amines) is 1. The molecular formula is C9H19NO4. The fraction of sp³-hybridized carbons (Fsp3) is 0.889. The molecular weight excluding hydrogens is 186 g/mol. The maximum absolute atomic E-state index is 10.4. The van der Waals surface area contributed by atoms with E-state index in [9.17, 15) is 4.79 Å². The molecule has 0 radical (unpaired) electrons. The average Bonchev–Trinajstić information content (AvgIpc) is 2.51. The number of carbonyl (C=O) groups is 1. The van der Waals surface area contributed by atoms with Crippen LogP contribution in [0.2, 0.25) is 0 Å². The van der Waals surface area contributed by atoms with Crippen molar-refractivity contribution in [1.29, 1.82) is 0 Å². The second-order valence-electron chi connectivity index (χ2n) is 3.81. The molecule has 5 heteroatoms. The van der Waals surface area contributed by atoms with Gasteiger partial charge in [0.15, 0.2) is 0 Å². The van der Waals surface area contributed by atoms with Crippen LogP contribution in [0.3, 0.4) is 0 Å². The number of quaternary nitrogens is 1. The lowest BCUT2D eigenvalue weighted by atomic mass is 10.3. The minimum atomic E-state index is -0.734. The van der Waals surface area contributed by atoms with Gasteiger partial charge in [0.1, 0.15) is 6.54 Å². The Hall–Kier alpha value is -0.650. The Bertz CT molecular complexity index is 178. The number of carboxylic acids is 1. The molecule has 0 aromatic carbocycles. The van der Waals surface area contributed by atoms with Gasteiger partial charge in [0, 0.05) is 12.8 Å². The van der Waals surface area contributed by atoms with Crippen LogP contribution in [0.4, 0.5) is 0 Å². The standard InChI is InChI=1S/C9H17NO3.H2O/c11-8-7-10(4-1-2-5-10)6-3-9(12)13;/h11H,1-8H2;1H2. The summed E-state index contributed by atoms with van der Waals surface area (Å²) in [6, 6.07) is 0. The van der Waals surface area contributed by atoms with Crippen molar-refractivity contribution in [2.24, 2.45) is 0 Å². The van der Waals surface area contributed by atoms with E-state index < -0.39 is 5.97 Å². The van der Waals surface area contributed by atoms with Crippen LogP contribution in [0.25, 0.3) is 0 Å². The van der Waals surface area contributed by atoms with Gasteiger partial charge in [-0.25, -0.2) is 0 Å². The highest BCUT2D eigenvalue weighted by molar-refractivity contribution is 5.66. The Morgan fingerprint density at radius 3 is 2.21 bits per heavy atom. The van der Waals surface area contributed by atoms with Crippen molar-refractivity contribution in [1.82, 2.24) is 0 Å². The number of hydrogen-bond donors (Lipinski definition) is 2. The van der Waals surface area contributed by atoms with Crippen molar-refractivity contribution >= 4 is 5.97 Å². The molecule has 84 valence electrons. The van der Waals surface area contributed by atoms with E-state index >= 15 is 0 Å². The number of nitrogens with zero attached hydrogens (tertiary/aromatic N) is 1. The van der Waals surface area contributed by atoms with E-state index in [-0.39, 0.29) is 18.5 Å². The van der Waals surface area contributed by atoms with Gasteiger partial charge in [-0.1, -0.05) is 0 Å². The van der Waals surface area contributed by atoms with E-state index in [1.807, 2.05) is 0 Å². The summed E-state index contributed by atoms with van der Waals surface area (Å²) in [5, 5.41) is 17.5. The van der Waals surface area contributed by atoms with Crippen LogP contribution in [-0.2, 0) is 4.79 Å². The highest BCUT2D eigenvalue weighted by Crippen LogP contribution is 2.19. The van der Waals surface area contributed by atoms with Crippen LogP contribution >= 0.6 is 0 Å². The molecule has 0 spiro atoms. The molecule has 1 heterocycles. The van der Waals surface area contributed by atoms with E-state index in [0.29, 0.717) is 13.1 Å². The fourth-order valence-corrected chi connectivity index (χ4v) is 2.11. The maximum atomic E-state index is 10.4. The first-order chi connectivity index (χ1) is 6.18. The Labute approximate surface area is 83.9 Å². The van der Waals surface area contributed by atoms with E-state index in [4.69, 9.17) is 10.2 Å². The Morgan fingerprint density at radius 1 is 1.21 bits per heavy atom. The van der Waals surface area contributed by atoms with Gasteiger partial charge in [0.05, 0.1) is 32.7 Å². The van der Waals surface area contributed by atoms with Gasteiger partial charge in [0.2, 0.25) is 0 Å². The smallest absolute Gasteiger partial charge is 0.309 e. The van der Waals surface area contributed by atoms with Crippen LogP contribution in [-0.4, -0.2) is 58.9 Å². The summed E-state index contributed by atoms with van der Waals surface area (Å²) >= 11 is 0. The lowest BCUT2D eigenvalue weighted by Gasteiger charge is -2.33. The molecule has 1 rings (SSSR count). The van der Waals surface area contributed by atoms with E-state index in [1.165, 1.54) is 12.8 Å². The van der Waals surface area contributed by atoms with Crippen molar-refractivity contribution < 1.29 is 25.0 Å². The maximum Gasteiger partial charge on any atom is 0.309 e. The summed E-state index contributed by atoms with van der Waals surface area (Å²) in [5.41, 5.74) is 0. The normalized spacial score (nSPS) is 18.9. The summed E-state index contributed by atoms with van der Waals surface area (Å²) in [4.78, 5) is 10.4. The van der Waals surface area contributed by atoms with Crippen LogP contribution in [0.15, 0.2) is 0 Å². The number of rotatable bonds is 5. The molecule has 0 aromatic rings. The number of carboxylic acid groups (broad SMARTS) is 1. The second-order valence-corrected chi connectivity index (χ2v) is 3.81. The zero-order valence-corrected chi connectivity index (χ0v) is 8.35. The zero-order chi connectivity index (χ0) is 9.73. The molecule has 0 aromatic heterocycles. The van der Waals surface area contributed by atoms with Crippen molar-refractivity contribution in [3.63, 3.8) is 0 Å². The van der Waals surface area contributed by atoms with Gasteiger partial charge in [0.25, 0.3) is 0 Å². The molecule has 1 fully saturated rings. The summed E-state index contributed by atoms with van der Waals surface area (Å²) in [7, 11) is 0. The SMILES string of the molecule is O=C(O)CC[N+]1(CCO)CCCC1.[OH-]. The minimum absolute atomic E-state index is 0. The van der Waals surface area contributed by atoms with Crippen molar-refractivity contribution in [3.05, 3.63) is 0 Å².